The van der Waals surface area contributed by atoms with E-state index in [1.807, 2.05) is 0 Å². The van der Waals surface area contributed by atoms with Gasteiger partial charge in [0, 0.05) is 13.3 Å². The van der Waals surface area contributed by atoms with Gasteiger partial charge in [-0.3, -0.25) is 9.59 Å². The van der Waals surface area contributed by atoms with Crippen molar-refractivity contribution in [3.63, 3.8) is 0 Å². The third kappa shape index (κ3) is 12.6. The van der Waals surface area contributed by atoms with E-state index < -0.39 is 6.10 Å². The number of ketones is 1. The summed E-state index contributed by atoms with van der Waals surface area (Å²) in [7, 11) is 0. The minimum absolute atomic E-state index is 0. The molecule has 0 aromatic rings. The monoisotopic (exact) mass is 266 g/mol. The van der Waals surface area contributed by atoms with Crippen LogP contribution in [0.3, 0.4) is 0 Å². The standard InChI is InChI=1S/C14H26O3.Na.H/c1-4-5-6-7-8-9-10-11-14(16)12(2)17-13(3)15;;/h12H,4-11H2,1-3H3;;/q;+1;-1. The molecule has 0 fully saturated rings. The van der Waals surface area contributed by atoms with Crippen molar-refractivity contribution in [2.24, 2.45) is 0 Å². The third-order valence-electron chi connectivity index (χ3n) is 2.82. The average Bonchev–Trinajstić information content (AvgIpc) is 2.26. The molecule has 0 saturated heterocycles. The minimum Gasteiger partial charge on any atom is -1.00 e. The Hall–Kier alpha value is 0.140. The Kier molecular flexibility index (Phi) is 15.4. The van der Waals surface area contributed by atoms with Gasteiger partial charge in [-0.05, 0) is 13.3 Å². The molecule has 1 unspecified atom stereocenters. The summed E-state index contributed by atoms with van der Waals surface area (Å²) in [4.78, 5) is 22.2. The van der Waals surface area contributed by atoms with Crippen molar-refractivity contribution >= 4 is 11.8 Å². The number of esters is 1. The number of carbonyl (C=O) groups is 2. The van der Waals surface area contributed by atoms with Crippen LogP contribution in [0.4, 0.5) is 0 Å². The van der Waals surface area contributed by atoms with Crippen LogP contribution in [0.2, 0.25) is 0 Å². The van der Waals surface area contributed by atoms with Gasteiger partial charge in [0.1, 0.15) is 0 Å². The maximum Gasteiger partial charge on any atom is 1.00 e. The molecule has 0 aliphatic rings. The van der Waals surface area contributed by atoms with Crippen LogP contribution in [0.25, 0.3) is 0 Å². The van der Waals surface area contributed by atoms with Crippen molar-refractivity contribution in [2.45, 2.75) is 78.2 Å². The first-order valence-corrected chi connectivity index (χ1v) is 6.77. The first kappa shape index (κ1) is 20.5. The van der Waals surface area contributed by atoms with Gasteiger partial charge in [-0.15, -0.1) is 0 Å². The number of Topliss-reactive ketones (excluding diaryl/α,β-unsaturated/α-hetero) is 1. The quantitative estimate of drug-likeness (QED) is 0.333. The van der Waals surface area contributed by atoms with Crippen molar-refractivity contribution in [3.8, 4) is 0 Å². The van der Waals surface area contributed by atoms with Gasteiger partial charge < -0.3 is 6.16 Å². The molecule has 0 bridgehead atoms. The SMILES string of the molecule is CCCCCCCCCC(=O)C(C)OC(C)=O.[H-].[Na+]. The molecular formula is C14H27NaO3. The first-order valence-electron chi connectivity index (χ1n) is 6.77. The van der Waals surface area contributed by atoms with Crippen LogP contribution < -0.4 is 29.6 Å². The molecule has 0 aromatic heterocycles. The Morgan fingerprint density at radius 3 is 2.06 bits per heavy atom. The number of hydrogen-bond acceptors (Lipinski definition) is 3. The van der Waals surface area contributed by atoms with Gasteiger partial charge >= 0.3 is 35.5 Å². The fraction of sp³-hybridized carbons (Fsp3) is 0.857. The number of carbonyl (C=O) groups excluding carboxylic acids is 2. The second-order valence-corrected chi connectivity index (χ2v) is 4.59. The van der Waals surface area contributed by atoms with Crippen LogP contribution in [-0.4, -0.2) is 17.9 Å². The largest absolute Gasteiger partial charge is 1.00 e. The summed E-state index contributed by atoms with van der Waals surface area (Å²) in [5, 5.41) is 0. The molecule has 0 aliphatic carbocycles. The molecule has 0 rings (SSSR count). The molecule has 3 nitrogen and oxygen atoms in total. The van der Waals surface area contributed by atoms with E-state index in [9.17, 15) is 9.59 Å². The Bertz CT molecular complexity index is 235. The first-order chi connectivity index (χ1) is 8.07. The fourth-order valence-corrected chi connectivity index (χ4v) is 1.77. The second kappa shape index (κ2) is 13.6. The van der Waals surface area contributed by atoms with E-state index in [2.05, 4.69) is 6.92 Å². The van der Waals surface area contributed by atoms with Gasteiger partial charge in [0.2, 0.25) is 0 Å². The van der Waals surface area contributed by atoms with Crippen LogP contribution in [0, 0.1) is 0 Å². The third-order valence-corrected chi connectivity index (χ3v) is 2.82. The Morgan fingerprint density at radius 1 is 1.06 bits per heavy atom. The molecule has 0 saturated carbocycles. The van der Waals surface area contributed by atoms with E-state index >= 15 is 0 Å². The van der Waals surface area contributed by atoms with Gasteiger partial charge in [0.15, 0.2) is 11.9 Å². The summed E-state index contributed by atoms with van der Waals surface area (Å²) in [6.45, 7) is 5.18. The van der Waals surface area contributed by atoms with Crippen molar-refractivity contribution in [3.05, 3.63) is 0 Å². The number of hydrogen-bond donors (Lipinski definition) is 0. The van der Waals surface area contributed by atoms with E-state index in [4.69, 9.17) is 4.74 Å². The molecule has 0 aliphatic heterocycles. The van der Waals surface area contributed by atoms with E-state index in [0.717, 1.165) is 12.8 Å². The zero-order chi connectivity index (χ0) is 13.1. The average molecular weight is 266 g/mol. The zero-order valence-electron chi connectivity index (χ0n) is 13.5. The molecule has 4 heteroatoms. The summed E-state index contributed by atoms with van der Waals surface area (Å²) in [5.41, 5.74) is 0. The van der Waals surface area contributed by atoms with Crippen molar-refractivity contribution < 1.29 is 45.3 Å². The molecule has 18 heavy (non-hydrogen) atoms. The zero-order valence-corrected chi connectivity index (χ0v) is 14.5. The van der Waals surface area contributed by atoms with E-state index in [1.165, 1.54) is 39.0 Å². The maximum absolute atomic E-state index is 11.5. The molecular weight excluding hydrogens is 239 g/mol. The maximum atomic E-state index is 11.5. The Morgan fingerprint density at radius 2 is 1.56 bits per heavy atom. The van der Waals surface area contributed by atoms with Gasteiger partial charge in [0.05, 0.1) is 0 Å². The molecule has 0 N–H and O–H groups in total. The predicted octanol–water partition coefficient (Wildman–Crippen LogP) is 0.764. The normalized spacial score (nSPS) is 11.5. The topological polar surface area (TPSA) is 43.4 Å². The summed E-state index contributed by atoms with van der Waals surface area (Å²) >= 11 is 0. The van der Waals surface area contributed by atoms with Crippen LogP contribution in [0.1, 0.15) is 73.6 Å². The fourth-order valence-electron chi connectivity index (χ4n) is 1.77. The summed E-state index contributed by atoms with van der Waals surface area (Å²) in [5.74, 6) is -0.348. The molecule has 0 spiro atoms. The molecule has 0 heterocycles. The van der Waals surface area contributed by atoms with Crippen LogP contribution >= 0.6 is 0 Å². The van der Waals surface area contributed by atoms with Crippen molar-refractivity contribution in [1.82, 2.24) is 0 Å². The molecule has 0 aromatic carbocycles. The van der Waals surface area contributed by atoms with Gasteiger partial charge in [-0.25, -0.2) is 0 Å². The summed E-state index contributed by atoms with van der Waals surface area (Å²) in [6, 6.07) is 0. The number of unbranched alkanes of at least 4 members (excludes halogenated alkanes) is 6. The molecule has 102 valence electrons. The smallest absolute Gasteiger partial charge is 1.00 e. The Balaban J connectivity index is -0.00000128. The van der Waals surface area contributed by atoms with E-state index in [-0.39, 0.29) is 42.7 Å². The molecule has 0 amide bonds. The Labute approximate surface area is 135 Å². The molecule has 0 radical (unpaired) electrons. The summed E-state index contributed by atoms with van der Waals surface area (Å²) < 4.78 is 4.83. The predicted molar refractivity (Wildman–Crippen MR) is 70.0 cm³/mol. The van der Waals surface area contributed by atoms with Gasteiger partial charge in [-0.2, -0.15) is 0 Å². The van der Waals surface area contributed by atoms with Gasteiger partial charge in [0.25, 0.3) is 0 Å². The number of rotatable bonds is 10. The van der Waals surface area contributed by atoms with E-state index in [1.54, 1.807) is 6.92 Å². The van der Waals surface area contributed by atoms with Crippen LogP contribution in [0.15, 0.2) is 0 Å². The summed E-state index contributed by atoms with van der Waals surface area (Å²) in [6.07, 6.45) is 8.31. The second-order valence-electron chi connectivity index (χ2n) is 4.59. The number of ether oxygens (including phenoxy) is 1. The van der Waals surface area contributed by atoms with Gasteiger partial charge in [-0.1, -0.05) is 45.4 Å². The molecule has 1 atom stereocenters. The minimum atomic E-state index is -0.576. The van der Waals surface area contributed by atoms with Crippen molar-refractivity contribution in [1.29, 1.82) is 0 Å². The van der Waals surface area contributed by atoms with E-state index in [0.29, 0.717) is 6.42 Å². The van der Waals surface area contributed by atoms with Crippen molar-refractivity contribution in [2.75, 3.05) is 0 Å². The van der Waals surface area contributed by atoms with Crippen LogP contribution in [-0.2, 0) is 14.3 Å². The van der Waals surface area contributed by atoms with Crippen LogP contribution in [0.5, 0.6) is 0 Å².